The van der Waals surface area contributed by atoms with Crippen molar-refractivity contribution in [1.82, 2.24) is 15.0 Å². The molecule has 2 N–H and O–H groups in total. The third-order valence-electron chi connectivity index (χ3n) is 2.81. The maximum atomic E-state index is 6.04. The molecule has 0 spiro atoms. The van der Waals surface area contributed by atoms with E-state index < -0.39 is 0 Å². The van der Waals surface area contributed by atoms with Gasteiger partial charge >= 0.3 is 0 Å². The van der Waals surface area contributed by atoms with Crippen LogP contribution in [0.1, 0.15) is 5.56 Å². The molecule has 0 aliphatic heterocycles. The van der Waals surface area contributed by atoms with Crippen molar-refractivity contribution in [2.24, 2.45) is 0 Å². The van der Waals surface area contributed by atoms with Gasteiger partial charge in [-0.2, -0.15) is 0 Å². The zero-order chi connectivity index (χ0) is 13.2. The van der Waals surface area contributed by atoms with Crippen LogP contribution in [0.2, 0.25) is 5.15 Å². The summed E-state index contributed by atoms with van der Waals surface area (Å²) in [7, 11) is 0. The highest BCUT2D eigenvalue weighted by Gasteiger charge is 2.06. The zero-order valence-corrected chi connectivity index (χ0v) is 12.2. The molecule has 3 rings (SSSR count). The number of hydrogen-bond acceptors (Lipinski definition) is 3. The molecule has 19 heavy (non-hydrogen) atoms. The first-order chi connectivity index (χ1) is 9.24. The molecule has 0 saturated heterocycles. The van der Waals surface area contributed by atoms with Crippen molar-refractivity contribution in [2.75, 3.05) is 5.32 Å². The lowest BCUT2D eigenvalue weighted by Gasteiger charge is -2.07. The molecule has 3 aromatic heterocycles. The second-order valence-electron chi connectivity index (χ2n) is 4.06. The van der Waals surface area contributed by atoms with Crippen LogP contribution in [0.15, 0.2) is 41.3 Å². The van der Waals surface area contributed by atoms with Gasteiger partial charge in [0.15, 0.2) is 5.15 Å². The van der Waals surface area contributed by atoms with Crippen molar-refractivity contribution < 1.29 is 0 Å². The summed E-state index contributed by atoms with van der Waals surface area (Å²) in [6.45, 7) is 0.656. The first-order valence-electron chi connectivity index (χ1n) is 5.70. The minimum Gasteiger partial charge on any atom is -0.378 e. The Hall–Kier alpha value is -1.59. The molecule has 0 amide bonds. The first-order valence-corrected chi connectivity index (χ1v) is 6.87. The van der Waals surface area contributed by atoms with Crippen LogP contribution in [-0.4, -0.2) is 15.0 Å². The minimum atomic E-state index is 0.459. The summed E-state index contributed by atoms with van der Waals surface area (Å²) in [6.07, 6.45) is 5.39. The van der Waals surface area contributed by atoms with E-state index in [0.29, 0.717) is 11.7 Å². The smallest absolute Gasteiger partial charge is 0.152 e. The van der Waals surface area contributed by atoms with Crippen molar-refractivity contribution in [3.8, 4) is 0 Å². The van der Waals surface area contributed by atoms with Gasteiger partial charge in [-0.3, -0.25) is 0 Å². The summed E-state index contributed by atoms with van der Waals surface area (Å²) in [5.74, 6) is 0. The number of fused-ring (bicyclic) bond motifs is 1. The molecular weight excluding hydrogens is 328 g/mol. The zero-order valence-electron chi connectivity index (χ0n) is 9.82. The highest BCUT2D eigenvalue weighted by molar-refractivity contribution is 9.10. The number of halogens is 2. The number of H-pyrrole nitrogens is 1. The van der Waals surface area contributed by atoms with Crippen molar-refractivity contribution in [1.29, 1.82) is 0 Å². The molecule has 0 atom stereocenters. The number of anilines is 1. The standard InChI is InChI=1S/C13H10BrClN4/c14-9-4-11(12(15)18-7-9)17-5-8-6-19-13-10(8)2-1-3-16-13/h1-4,6-7,17H,5H2,(H,16,19). The molecule has 0 saturated carbocycles. The third-order valence-corrected chi connectivity index (χ3v) is 3.55. The minimum absolute atomic E-state index is 0.459. The maximum Gasteiger partial charge on any atom is 0.152 e. The van der Waals surface area contributed by atoms with Crippen LogP contribution in [0.25, 0.3) is 11.0 Å². The predicted molar refractivity (Wildman–Crippen MR) is 80.4 cm³/mol. The van der Waals surface area contributed by atoms with Gasteiger partial charge < -0.3 is 10.3 Å². The molecule has 3 heterocycles. The molecule has 0 fully saturated rings. The number of pyridine rings is 2. The van der Waals surface area contributed by atoms with E-state index in [4.69, 9.17) is 11.6 Å². The Balaban J connectivity index is 1.84. The van der Waals surface area contributed by atoms with Gasteiger partial charge in [0.1, 0.15) is 5.65 Å². The van der Waals surface area contributed by atoms with Gasteiger partial charge in [-0.25, -0.2) is 9.97 Å². The molecule has 0 aliphatic rings. The lowest BCUT2D eigenvalue weighted by molar-refractivity contribution is 1.15. The van der Waals surface area contributed by atoms with Crippen LogP contribution in [0.5, 0.6) is 0 Å². The van der Waals surface area contributed by atoms with E-state index in [2.05, 4.69) is 36.2 Å². The van der Waals surface area contributed by atoms with Gasteiger partial charge in [-0.1, -0.05) is 11.6 Å². The van der Waals surface area contributed by atoms with Crippen molar-refractivity contribution >= 4 is 44.3 Å². The molecule has 3 aromatic rings. The molecule has 4 nitrogen and oxygen atoms in total. The molecule has 0 radical (unpaired) electrons. The van der Waals surface area contributed by atoms with Gasteiger partial charge in [0.05, 0.1) is 5.69 Å². The molecule has 96 valence electrons. The highest BCUT2D eigenvalue weighted by atomic mass is 79.9. The lowest BCUT2D eigenvalue weighted by atomic mass is 10.2. The van der Waals surface area contributed by atoms with Gasteiger partial charge in [0.2, 0.25) is 0 Å². The highest BCUT2D eigenvalue weighted by Crippen LogP contribution is 2.24. The lowest BCUT2D eigenvalue weighted by Crippen LogP contribution is -2.00. The molecule has 0 aliphatic carbocycles. The summed E-state index contributed by atoms with van der Waals surface area (Å²) in [5.41, 5.74) is 2.83. The fraction of sp³-hybridized carbons (Fsp3) is 0.0769. The van der Waals surface area contributed by atoms with Crippen LogP contribution in [0.4, 0.5) is 5.69 Å². The molecule has 6 heteroatoms. The Morgan fingerprint density at radius 2 is 2.26 bits per heavy atom. The number of aromatic nitrogens is 3. The average Bonchev–Trinajstić information content (AvgIpc) is 2.83. The Bertz CT molecular complexity index is 725. The fourth-order valence-electron chi connectivity index (χ4n) is 1.90. The fourth-order valence-corrected chi connectivity index (χ4v) is 2.40. The van der Waals surface area contributed by atoms with Gasteiger partial charge in [0, 0.05) is 35.0 Å². The van der Waals surface area contributed by atoms with E-state index in [-0.39, 0.29) is 0 Å². The van der Waals surface area contributed by atoms with Gasteiger partial charge in [-0.05, 0) is 39.7 Å². The number of aromatic amines is 1. The van der Waals surface area contributed by atoms with E-state index in [1.165, 1.54) is 0 Å². The Morgan fingerprint density at radius 1 is 1.37 bits per heavy atom. The quantitative estimate of drug-likeness (QED) is 0.711. The summed E-state index contributed by atoms with van der Waals surface area (Å²) in [4.78, 5) is 11.5. The molecule has 0 aromatic carbocycles. The summed E-state index contributed by atoms with van der Waals surface area (Å²) in [5, 5.41) is 4.84. The Labute approximate surface area is 123 Å². The monoisotopic (exact) mass is 336 g/mol. The van der Waals surface area contributed by atoms with Crippen LogP contribution >= 0.6 is 27.5 Å². The third kappa shape index (κ3) is 2.57. The predicted octanol–water partition coefficient (Wildman–Crippen LogP) is 3.99. The number of nitrogens with zero attached hydrogens (tertiary/aromatic N) is 2. The van der Waals surface area contributed by atoms with E-state index in [0.717, 1.165) is 26.8 Å². The van der Waals surface area contributed by atoms with Crippen LogP contribution in [0, 0.1) is 0 Å². The van der Waals surface area contributed by atoms with Crippen LogP contribution in [0.3, 0.4) is 0 Å². The van der Waals surface area contributed by atoms with E-state index in [1.54, 1.807) is 12.4 Å². The Kier molecular flexibility index (Phi) is 3.40. The van der Waals surface area contributed by atoms with E-state index >= 15 is 0 Å². The summed E-state index contributed by atoms with van der Waals surface area (Å²) in [6, 6.07) is 5.87. The molecule has 0 bridgehead atoms. The van der Waals surface area contributed by atoms with Gasteiger partial charge in [0.25, 0.3) is 0 Å². The second-order valence-corrected chi connectivity index (χ2v) is 5.33. The first kappa shape index (κ1) is 12.4. The largest absolute Gasteiger partial charge is 0.378 e. The number of rotatable bonds is 3. The number of hydrogen-bond donors (Lipinski definition) is 2. The number of nitrogens with one attached hydrogen (secondary N) is 2. The summed E-state index contributed by atoms with van der Waals surface area (Å²) < 4.78 is 0.889. The van der Waals surface area contributed by atoms with Crippen molar-refractivity contribution in [3.05, 3.63) is 52.0 Å². The topological polar surface area (TPSA) is 53.6 Å². The van der Waals surface area contributed by atoms with Gasteiger partial charge in [-0.15, -0.1) is 0 Å². The second kappa shape index (κ2) is 5.19. The van der Waals surface area contributed by atoms with Crippen LogP contribution < -0.4 is 5.32 Å². The van der Waals surface area contributed by atoms with E-state index in [9.17, 15) is 0 Å². The molecule has 0 unspecified atom stereocenters. The van der Waals surface area contributed by atoms with Crippen molar-refractivity contribution in [2.45, 2.75) is 6.54 Å². The normalized spacial score (nSPS) is 10.8. The maximum absolute atomic E-state index is 6.04. The van der Waals surface area contributed by atoms with E-state index in [1.807, 2.05) is 24.4 Å². The van der Waals surface area contributed by atoms with Crippen LogP contribution in [-0.2, 0) is 6.54 Å². The van der Waals surface area contributed by atoms with Crippen molar-refractivity contribution in [3.63, 3.8) is 0 Å². The SMILES string of the molecule is Clc1ncc(Br)cc1NCc1c[nH]c2ncccc12. The Morgan fingerprint density at radius 3 is 3.16 bits per heavy atom. The summed E-state index contributed by atoms with van der Waals surface area (Å²) >= 11 is 9.42. The molecular formula is C13H10BrClN4. The average molecular weight is 338 g/mol.